The van der Waals surface area contributed by atoms with Crippen molar-refractivity contribution in [3.8, 4) is 0 Å². The number of halogens is 3. The molecular formula is C64H90Br3N13O7. The maximum atomic E-state index is 12.4. The average molecular weight is 1390 g/mol. The number of Topliss-reactive ketones (excluding diaryl/α,β-unsaturated/α-hetero) is 3. The molecule has 1 saturated heterocycles. The fraction of sp³-hybridized carbons (Fsp3) is 0.453. The first kappa shape index (κ1) is 74.6. The van der Waals surface area contributed by atoms with Gasteiger partial charge in [-0.2, -0.15) is 20.4 Å². The van der Waals surface area contributed by atoms with E-state index in [0.29, 0.717) is 66.1 Å². The van der Waals surface area contributed by atoms with Gasteiger partial charge in [0.25, 0.3) is 0 Å². The summed E-state index contributed by atoms with van der Waals surface area (Å²) >= 11 is 8.64. The van der Waals surface area contributed by atoms with E-state index in [1.807, 2.05) is 173 Å². The minimum Gasteiger partial charge on any atom is -0.444 e. The fourth-order valence-corrected chi connectivity index (χ4v) is 8.49. The molecule has 7 N–H and O–H groups in total. The topological polar surface area (TPSA) is 260 Å². The van der Waals surface area contributed by atoms with Gasteiger partial charge >= 0.3 is 12.2 Å². The third-order valence-corrected chi connectivity index (χ3v) is 13.0. The molecule has 2 amide bonds. The van der Waals surface area contributed by atoms with Gasteiger partial charge in [-0.3, -0.25) is 33.5 Å². The molecule has 7 aromatic rings. The zero-order valence-electron chi connectivity index (χ0n) is 52.6. The Labute approximate surface area is 537 Å². The van der Waals surface area contributed by atoms with E-state index in [-0.39, 0.29) is 23.9 Å². The number of nitrogens with one attached hydrogen (secondary N) is 5. The summed E-state index contributed by atoms with van der Waals surface area (Å²) in [6.45, 7) is 29.7. The van der Waals surface area contributed by atoms with Crippen molar-refractivity contribution in [1.29, 1.82) is 0 Å². The molecule has 0 saturated carbocycles. The molecule has 8 rings (SSSR count). The van der Waals surface area contributed by atoms with E-state index in [9.17, 15) is 24.0 Å². The van der Waals surface area contributed by atoms with Crippen LogP contribution in [0.1, 0.15) is 156 Å². The minimum atomic E-state index is -0.555. The lowest BCUT2D eigenvalue weighted by atomic mass is 9.78. The molecule has 1 aliphatic heterocycles. The van der Waals surface area contributed by atoms with Crippen LogP contribution in [0.5, 0.6) is 0 Å². The first-order valence-corrected chi connectivity index (χ1v) is 33.4. The Balaban J connectivity index is 0.000000293. The van der Waals surface area contributed by atoms with Gasteiger partial charge in [-0.15, -0.1) is 0 Å². The summed E-state index contributed by atoms with van der Waals surface area (Å²) in [6, 6.07) is 30.0. The van der Waals surface area contributed by atoms with Crippen LogP contribution in [0.4, 0.5) is 9.59 Å². The second kappa shape index (κ2) is 36.6. The van der Waals surface area contributed by atoms with Gasteiger partial charge in [-0.1, -0.05) is 121 Å². The molecule has 1 aliphatic rings. The number of alkyl halides is 1. The van der Waals surface area contributed by atoms with E-state index in [1.54, 1.807) is 58.2 Å². The van der Waals surface area contributed by atoms with Gasteiger partial charge in [-0.25, -0.2) is 9.59 Å². The molecule has 3 aromatic carbocycles. The number of ketones is 3. The summed E-state index contributed by atoms with van der Waals surface area (Å²) in [6.07, 6.45) is 14.4. The summed E-state index contributed by atoms with van der Waals surface area (Å²) in [4.78, 5) is 58.0. The highest BCUT2D eigenvalue weighted by atomic mass is 80.9. The van der Waals surface area contributed by atoms with Crippen molar-refractivity contribution in [2.75, 3.05) is 38.1 Å². The number of alkyl carbamates (subject to hydrolysis) is 2. The third-order valence-electron chi connectivity index (χ3n) is 12.5. The quantitative estimate of drug-likeness (QED) is 0.0345. The Kier molecular flexibility index (Phi) is 31.4. The summed E-state index contributed by atoms with van der Waals surface area (Å²) in [7, 11) is 0. The van der Waals surface area contributed by atoms with Gasteiger partial charge in [-0.05, 0) is 116 Å². The standard InChI is InChI=1S/C21H30N4O3.C12H11BrN2O.C12H12N2O.C10H17N3.C9H20N2O2.Br2/c1-20(2,3)28-19(27)24-21(4,5)15-22-12-18(26)17-11-23-25(14-17)13-16-9-7-6-8-10-16;13-6-12(16)11-7-14-15(9-11)8-10-4-2-1-3-5-10;1-10(15)12-7-13-14(9-12)8-11-5-3-2-4-6-11;1-10(2)3-8(4-11-7-10)9-5-12-13-6-9;1-8(2,3)13-7(12)11-9(4,5)6-10;1-2/h6-11,14,22H,12-13,15H2,1-5H3,(H,24,27);1-5,7,9H,6,8H2;2-7,9H,8H2,1H3;5-6,8,11H,3-4,7H2,1-2H3,(H,12,13);6,10H2,1-5H3,(H,11,12);. The number of hydrogen-bond donors (Lipinski definition) is 6. The van der Waals surface area contributed by atoms with Crippen molar-refractivity contribution >= 4 is 73.7 Å². The molecule has 0 aliphatic carbocycles. The molecule has 0 spiro atoms. The molecule has 474 valence electrons. The Morgan fingerprint density at radius 3 is 1.41 bits per heavy atom. The Morgan fingerprint density at radius 2 is 1.05 bits per heavy atom. The zero-order chi connectivity index (χ0) is 64.9. The van der Waals surface area contributed by atoms with Crippen LogP contribution in [0.15, 0.2) is 141 Å². The predicted octanol–water partition coefficient (Wildman–Crippen LogP) is 12.1. The van der Waals surface area contributed by atoms with Crippen molar-refractivity contribution in [2.24, 2.45) is 11.1 Å². The second-order valence-corrected chi connectivity index (χ2v) is 25.4. The van der Waals surface area contributed by atoms with Crippen LogP contribution in [0.2, 0.25) is 0 Å². The summed E-state index contributed by atoms with van der Waals surface area (Å²) in [5, 5.41) is 31.8. The minimum absolute atomic E-state index is 0.0487. The Bertz CT molecular complexity index is 3120. The molecule has 87 heavy (non-hydrogen) atoms. The SMILES string of the molecule is BrBr.CC(=O)c1cnn(Cc2ccccc2)c1.CC(C)(CN)NC(=O)OC(C)(C)C.CC(C)(CNCC(=O)c1cnn(Cc2ccccc2)c1)NC(=O)OC(C)(C)C.CC1(C)CNCC(c2cn[nH]c2)C1.O=C(CBr)c1cnn(Cc2ccccc2)c1. The Morgan fingerprint density at radius 1 is 0.632 bits per heavy atom. The van der Waals surface area contributed by atoms with Crippen LogP contribution in [0.3, 0.4) is 0 Å². The van der Waals surface area contributed by atoms with Crippen molar-refractivity contribution in [2.45, 2.75) is 144 Å². The lowest BCUT2D eigenvalue weighted by Crippen LogP contribution is -2.52. The lowest BCUT2D eigenvalue weighted by Gasteiger charge is -2.35. The molecule has 0 bridgehead atoms. The van der Waals surface area contributed by atoms with Gasteiger partial charge in [0.05, 0.1) is 78.5 Å². The molecular weight excluding hydrogens is 1300 g/mol. The van der Waals surface area contributed by atoms with Gasteiger partial charge in [0.1, 0.15) is 11.2 Å². The van der Waals surface area contributed by atoms with Crippen LogP contribution in [0, 0.1) is 5.41 Å². The van der Waals surface area contributed by atoms with Gasteiger partial charge < -0.3 is 36.5 Å². The maximum absolute atomic E-state index is 12.4. The van der Waals surface area contributed by atoms with Crippen LogP contribution < -0.4 is 27.0 Å². The number of hydrogen-bond acceptors (Lipinski definition) is 14. The molecule has 23 heteroatoms. The van der Waals surface area contributed by atoms with Crippen LogP contribution in [-0.2, 0) is 29.1 Å². The van der Waals surface area contributed by atoms with E-state index < -0.39 is 34.5 Å². The first-order chi connectivity index (χ1) is 40.9. The molecule has 20 nitrogen and oxygen atoms in total. The molecule has 1 atom stereocenters. The largest absolute Gasteiger partial charge is 0.444 e. The molecule has 4 aromatic heterocycles. The Hall–Kier alpha value is -6.63. The number of nitrogens with two attached hydrogens (primary N) is 1. The number of amides is 2. The molecule has 5 heterocycles. The number of carbonyl (C=O) groups excluding carboxylic acids is 5. The lowest BCUT2D eigenvalue weighted by molar-refractivity contribution is 0.0461. The van der Waals surface area contributed by atoms with E-state index in [0.717, 1.165) is 18.7 Å². The van der Waals surface area contributed by atoms with Gasteiger partial charge in [0.2, 0.25) is 0 Å². The van der Waals surface area contributed by atoms with E-state index in [4.69, 9.17) is 15.2 Å². The first-order valence-electron chi connectivity index (χ1n) is 28.5. The van der Waals surface area contributed by atoms with Crippen molar-refractivity contribution in [3.05, 3.63) is 180 Å². The number of ether oxygens (including phenoxy) is 2. The maximum Gasteiger partial charge on any atom is 0.408 e. The number of piperidine rings is 1. The fourth-order valence-electron chi connectivity index (χ4n) is 8.17. The number of aromatic amines is 1. The number of carbonyl (C=O) groups is 5. The highest BCUT2D eigenvalue weighted by molar-refractivity contribution is 9.93. The molecule has 1 fully saturated rings. The number of nitrogens with zero attached hydrogens (tertiary/aromatic N) is 7. The predicted molar refractivity (Wildman–Crippen MR) is 355 cm³/mol. The number of H-pyrrole nitrogens is 1. The highest BCUT2D eigenvalue weighted by Crippen LogP contribution is 2.33. The van der Waals surface area contributed by atoms with Crippen molar-refractivity contribution < 1.29 is 33.4 Å². The van der Waals surface area contributed by atoms with Gasteiger partial charge in [0.15, 0.2) is 17.3 Å². The summed E-state index contributed by atoms with van der Waals surface area (Å²) < 4.78 is 15.6. The highest BCUT2D eigenvalue weighted by Gasteiger charge is 2.29. The normalized spacial score (nSPS) is 13.5. The van der Waals surface area contributed by atoms with Crippen molar-refractivity contribution in [3.63, 3.8) is 0 Å². The third kappa shape index (κ3) is 31.2. The number of aromatic nitrogens is 8. The van der Waals surface area contributed by atoms with Crippen LogP contribution in [-0.4, -0.2) is 129 Å². The summed E-state index contributed by atoms with van der Waals surface area (Å²) in [5.41, 5.74) is 10.5. The molecule has 0 radical (unpaired) electrons. The van der Waals surface area contributed by atoms with E-state index >= 15 is 0 Å². The average Bonchev–Trinajstić information content (AvgIpc) is 4.51. The van der Waals surface area contributed by atoms with E-state index in [1.165, 1.54) is 23.1 Å². The van der Waals surface area contributed by atoms with E-state index in [2.05, 4.69) is 105 Å². The smallest absolute Gasteiger partial charge is 0.408 e. The number of benzene rings is 3. The number of rotatable bonds is 18. The summed E-state index contributed by atoms with van der Waals surface area (Å²) in [5.74, 6) is 0.684. The van der Waals surface area contributed by atoms with Crippen LogP contribution in [0.25, 0.3) is 0 Å². The zero-order valence-corrected chi connectivity index (χ0v) is 57.4. The monoisotopic (exact) mass is 1390 g/mol. The van der Waals surface area contributed by atoms with Gasteiger partial charge in [0, 0.05) is 84.8 Å². The molecule has 1 unspecified atom stereocenters. The second-order valence-electron chi connectivity index (χ2n) is 24.8. The van der Waals surface area contributed by atoms with Crippen LogP contribution >= 0.6 is 44.2 Å². The van der Waals surface area contributed by atoms with Crippen molar-refractivity contribution in [1.82, 2.24) is 60.8 Å².